The lowest BCUT2D eigenvalue weighted by atomic mass is 9.99. The van der Waals surface area contributed by atoms with Crippen molar-refractivity contribution in [1.82, 2.24) is 19.6 Å². The summed E-state index contributed by atoms with van der Waals surface area (Å²) in [5, 5.41) is 4.16. The van der Waals surface area contributed by atoms with Crippen LogP contribution in [0, 0.1) is 12.8 Å². The quantitative estimate of drug-likeness (QED) is 0.782. The minimum Gasteiger partial charge on any atom is -0.379 e. The number of hydrogen-bond acceptors (Lipinski definition) is 5. The van der Waals surface area contributed by atoms with Gasteiger partial charge < -0.3 is 9.64 Å². The van der Waals surface area contributed by atoms with Crippen molar-refractivity contribution in [1.29, 1.82) is 0 Å². The molecule has 0 unspecified atom stereocenters. The van der Waals surface area contributed by atoms with Gasteiger partial charge in [-0.3, -0.25) is 14.5 Å². The molecule has 0 aliphatic carbocycles. The smallest absolute Gasteiger partial charge is 0.267 e. The first-order chi connectivity index (χ1) is 11.6. The molecule has 1 amide bonds. The number of morpholine rings is 1. The number of hydrogen-bond donors (Lipinski definition) is 0. The van der Waals surface area contributed by atoms with Crippen LogP contribution in [-0.4, -0.2) is 70.9 Å². The third kappa shape index (κ3) is 3.67. The molecule has 2 atom stereocenters. The molecule has 3 rings (SSSR count). The van der Waals surface area contributed by atoms with E-state index in [0.29, 0.717) is 12.0 Å². The molecule has 2 fully saturated rings. The maximum atomic E-state index is 12.7. The maximum Gasteiger partial charge on any atom is 0.267 e. The standard InChI is InChI=1S/C17H26N4O3/c1-3-14-10-20(11-15(14)19-6-8-24-9-7-19)17(23)12-21-16(22)5-4-13(2)18-21/h4-5,14-15H,3,6-12H2,1-2H3/t14-,15+/m1/s1. The van der Waals surface area contributed by atoms with Gasteiger partial charge in [0.05, 0.1) is 18.9 Å². The molecule has 0 radical (unpaired) electrons. The van der Waals surface area contributed by atoms with E-state index in [1.807, 2.05) is 11.8 Å². The summed E-state index contributed by atoms with van der Waals surface area (Å²) in [6.07, 6.45) is 1.05. The molecule has 2 aliphatic heterocycles. The second-order valence-corrected chi connectivity index (χ2v) is 6.65. The lowest BCUT2D eigenvalue weighted by Gasteiger charge is -2.34. The largest absolute Gasteiger partial charge is 0.379 e. The van der Waals surface area contributed by atoms with E-state index >= 15 is 0 Å². The summed E-state index contributed by atoms with van der Waals surface area (Å²) >= 11 is 0. The van der Waals surface area contributed by atoms with Crippen LogP contribution >= 0.6 is 0 Å². The Morgan fingerprint density at radius 3 is 2.75 bits per heavy atom. The Morgan fingerprint density at radius 2 is 2.04 bits per heavy atom. The number of nitrogens with zero attached hydrogens (tertiary/aromatic N) is 4. The van der Waals surface area contributed by atoms with E-state index in [0.717, 1.165) is 51.5 Å². The second-order valence-electron chi connectivity index (χ2n) is 6.65. The van der Waals surface area contributed by atoms with Crippen molar-refractivity contribution >= 4 is 5.91 Å². The van der Waals surface area contributed by atoms with E-state index in [4.69, 9.17) is 4.74 Å². The highest BCUT2D eigenvalue weighted by Gasteiger charge is 2.38. The Hall–Kier alpha value is -1.73. The van der Waals surface area contributed by atoms with E-state index in [2.05, 4.69) is 16.9 Å². The van der Waals surface area contributed by atoms with Crippen molar-refractivity contribution in [3.8, 4) is 0 Å². The molecule has 24 heavy (non-hydrogen) atoms. The number of aryl methyl sites for hydroxylation is 1. The molecule has 2 saturated heterocycles. The first-order valence-corrected chi connectivity index (χ1v) is 8.73. The minimum atomic E-state index is -0.232. The number of likely N-dealkylation sites (tertiary alicyclic amines) is 1. The Kier molecular flexibility index (Phi) is 5.30. The zero-order valence-corrected chi connectivity index (χ0v) is 14.5. The van der Waals surface area contributed by atoms with Crippen molar-refractivity contribution in [2.75, 3.05) is 39.4 Å². The zero-order chi connectivity index (χ0) is 17.1. The fourth-order valence-electron chi connectivity index (χ4n) is 3.67. The van der Waals surface area contributed by atoms with Crippen molar-refractivity contribution in [2.45, 2.75) is 32.9 Å². The van der Waals surface area contributed by atoms with Gasteiger partial charge in [-0.1, -0.05) is 13.3 Å². The highest BCUT2D eigenvalue weighted by Crippen LogP contribution is 2.25. The highest BCUT2D eigenvalue weighted by atomic mass is 16.5. The van der Waals surface area contributed by atoms with E-state index in [1.54, 1.807) is 6.07 Å². The number of rotatable bonds is 4. The summed E-state index contributed by atoms with van der Waals surface area (Å²) in [6.45, 7) is 8.91. The number of carbonyl (C=O) groups excluding carboxylic acids is 1. The topological polar surface area (TPSA) is 67.7 Å². The second kappa shape index (κ2) is 7.44. The van der Waals surface area contributed by atoms with Gasteiger partial charge in [0.1, 0.15) is 6.54 Å². The van der Waals surface area contributed by atoms with Crippen LogP contribution in [0.3, 0.4) is 0 Å². The van der Waals surface area contributed by atoms with Gasteiger partial charge in [-0.25, -0.2) is 4.68 Å². The molecule has 0 N–H and O–H groups in total. The first kappa shape index (κ1) is 17.1. The molecule has 1 aromatic heterocycles. The predicted octanol–water partition coefficient (Wildman–Crippen LogP) is 0.121. The van der Waals surface area contributed by atoms with Crippen LogP contribution in [-0.2, 0) is 16.1 Å². The highest BCUT2D eigenvalue weighted by molar-refractivity contribution is 5.76. The molecule has 3 heterocycles. The Labute approximate surface area is 142 Å². The van der Waals surface area contributed by atoms with Crippen molar-refractivity contribution in [3.05, 3.63) is 28.2 Å². The summed E-state index contributed by atoms with van der Waals surface area (Å²) in [5.74, 6) is 0.457. The molecule has 7 nitrogen and oxygen atoms in total. The molecule has 132 valence electrons. The number of amides is 1. The Morgan fingerprint density at radius 1 is 1.29 bits per heavy atom. The van der Waals surface area contributed by atoms with Crippen LogP contribution in [0.25, 0.3) is 0 Å². The summed E-state index contributed by atoms with van der Waals surface area (Å²) < 4.78 is 6.70. The van der Waals surface area contributed by atoms with Crippen molar-refractivity contribution in [3.63, 3.8) is 0 Å². The fraction of sp³-hybridized carbons (Fsp3) is 0.706. The molecule has 7 heteroatoms. The molecule has 0 bridgehead atoms. The zero-order valence-electron chi connectivity index (χ0n) is 14.5. The average molecular weight is 334 g/mol. The summed E-state index contributed by atoms with van der Waals surface area (Å²) in [6, 6.07) is 3.52. The Balaban J connectivity index is 1.67. The summed E-state index contributed by atoms with van der Waals surface area (Å²) in [5.41, 5.74) is 0.506. The summed E-state index contributed by atoms with van der Waals surface area (Å²) in [7, 11) is 0. The van der Waals surface area contributed by atoms with Gasteiger partial charge in [0.2, 0.25) is 5.91 Å². The van der Waals surface area contributed by atoms with Gasteiger partial charge in [0.15, 0.2) is 0 Å². The van der Waals surface area contributed by atoms with Gasteiger partial charge >= 0.3 is 0 Å². The lowest BCUT2D eigenvalue weighted by molar-refractivity contribution is -0.131. The molecule has 0 spiro atoms. The number of aromatic nitrogens is 2. The van der Waals surface area contributed by atoms with Crippen molar-refractivity contribution in [2.24, 2.45) is 5.92 Å². The SMILES string of the molecule is CC[C@@H]1CN(C(=O)Cn2nc(C)ccc2=O)C[C@@H]1N1CCOCC1. The maximum absolute atomic E-state index is 12.7. The van der Waals surface area contributed by atoms with Gasteiger partial charge in [-0.15, -0.1) is 0 Å². The fourth-order valence-corrected chi connectivity index (χ4v) is 3.67. The predicted molar refractivity (Wildman–Crippen MR) is 89.8 cm³/mol. The molecule has 0 aromatic carbocycles. The van der Waals surface area contributed by atoms with E-state index < -0.39 is 0 Å². The van der Waals surface area contributed by atoms with Crippen LogP contribution in [0.1, 0.15) is 19.0 Å². The van der Waals surface area contributed by atoms with Gasteiger partial charge in [-0.2, -0.15) is 5.10 Å². The average Bonchev–Trinajstić information content (AvgIpc) is 3.03. The number of ether oxygens (including phenoxy) is 1. The molecular formula is C17H26N4O3. The molecule has 0 saturated carbocycles. The third-order valence-electron chi connectivity index (χ3n) is 5.08. The van der Waals surface area contributed by atoms with E-state index in [9.17, 15) is 9.59 Å². The first-order valence-electron chi connectivity index (χ1n) is 8.73. The van der Waals surface area contributed by atoms with Crippen LogP contribution in [0.4, 0.5) is 0 Å². The van der Waals surface area contributed by atoms with Crippen LogP contribution in [0.15, 0.2) is 16.9 Å². The van der Waals surface area contributed by atoms with Gasteiger partial charge in [0.25, 0.3) is 5.56 Å². The minimum absolute atomic E-state index is 0.0206. The Bertz CT molecular complexity index is 639. The van der Waals surface area contributed by atoms with Gasteiger partial charge in [0, 0.05) is 38.3 Å². The van der Waals surface area contributed by atoms with E-state index in [1.165, 1.54) is 10.7 Å². The third-order valence-corrected chi connectivity index (χ3v) is 5.08. The number of carbonyl (C=O) groups is 1. The molecular weight excluding hydrogens is 308 g/mol. The summed E-state index contributed by atoms with van der Waals surface area (Å²) in [4.78, 5) is 28.9. The van der Waals surface area contributed by atoms with Crippen molar-refractivity contribution < 1.29 is 9.53 Å². The normalized spacial score (nSPS) is 25.2. The van der Waals surface area contributed by atoms with Crippen LogP contribution in [0.5, 0.6) is 0 Å². The van der Waals surface area contributed by atoms with E-state index in [-0.39, 0.29) is 18.0 Å². The monoisotopic (exact) mass is 334 g/mol. The van der Waals surface area contributed by atoms with Crippen LogP contribution < -0.4 is 5.56 Å². The molecule has 1 aromatic rings. The van der Waals surface area contributed by atoms with Crippen LogP contribution in [0.2, 0.25) is 0 Å². The van der Waals surface area contributed by atoms with Gasteiger partial charge in [-0.05, 0) is 18.9 Å². The molecule has 2 aliphatic rings. The lowest BCUT2D eigenvalue weighted by Crippen LogP contribution is -2.47.